The van der Waals surface area contributed by atoms with Crippen molar-refractivity contribution in [2.45, 2.75) is 80.1 Å². The molecule has 2 aromatic rings. The molecule has 8 heteroatoms. The lowest BCUT2D eigenvalue weighted by atomic mass is 9.92. The number of amides is 2. The Labute approximate surface area is 239 Å². The van der Waals surface area contributed by atoms with Gasteiger partial charge in [-0.25, -0.2) is 4.79 Å². The van der Waals surface area contributed by atoms with E-state index in [2.05, 4.69) is 43.2 Å². The van der Waals surface area contributed by atoms with Crippen LogP contribution in [0.3, 0.4) is 0 Å². The molecule has 1 atom stereocenters. The first-order valence-electron chi connectivity index (χ1n) is 14.4. The normalized spacial score (nSPS) is 11.7. The molecule has 0 aliphatic heterocycles. The molecule has 0 spiro atoms. The Bertz CT molecular complexity index is 1090. The van der Waals surface area contributed by atoms with E-state index in [1.807, 2.05) is 63.2 Å². The fourth-order valence-electron chi connectivity index (χ4n) is 4.45. The van der Waals surface area contributed by atoms with Crippen molar-refractivity contribution in [3.63, 3.8) is 0 Å². The summed E-state index contributed by atoms with van der Waals surface area (Å²) >= 11 is 0. The predicted octanol–water partition coefficient (Wildman–Crippen LogP) is 7.49. The largest absolute Gasteiger partial charge is 0.428 e. The van der Waals surface area contributed by atoms with Gasteiger partial charge in [0.1, 0.15) is 0 Å². The topological polar surface area (TPSA) is 97.0 Å². The minimum Gasteiger partial charge on any atom is -0.428 e. The van der Waals surface area contributed by atoms with Crippen molar-refractivity contribution in [3.8, 4) is 0 Å². The summed E-state index contributed by atoms with van der Waals surface area (Å²) < 4.78 is 10.1. The number of urea groups is 1. The number of anilines is 3. The van der Waals surface area contributed by atoms with Gasteiger partial charge in [-0.3, -0.25) is 9.59 Å². The number of benzene rings is 2. The molecule has 0 aromatic heterocycles. The van der Waals surface area contributed by atoms with Crippen LogP contribution in [0.5, 0.6) is 0 Å². The van der Waals surface area contributed by atoms with E-state index in [4.69, 9.17) is 9.47 Å². The molecule has 8 nitrogen and oxygen atoms in total. The molecule has 0 radical (unpaired) electrons. The molecule has 2 aromatic carbocycles. The van der Waals surface area contributed by atoms with Gasteiger partial charge in [0.05, 0.1) is 17.8 Å². The Hall–Kier alpha value is -3.55. The number of rotatable bonds is 15. The number of hydrogen-bond donors (Lipinski definition) is 2. The van der Waals surface area contributed by atoms with Crippen LogP contribution in [0.4, 0.5) is 21.9 Å². The highest BCUT2D eigenvalue weighted by atomic mass is 16.7. The average molecular weight is 554 g/mol. The molecule has 0 unspecified atom stereocenters. The predicted molar refractivity (Wildman–Crippen MR) is 162 cm³/mol. The molecule has 2 rings (SSSR count). The lowest BCUT2D eigenvalue weighted by molar-refractivity contribution is -0.167. The maximum atomic E-state index is 13.1. The second-order valence-corrected chi connectivity index (χ2v) is 11.1. The van der Waals surface area contributed by atoms with Crippen LogP contribution >= 0.6 is 0 Å². The monoisotopic (exact) mass is 553 g/mol. The number of carbonyl (C=O) groups is 3. The fourth-order valence-corrected chi connectivity index (χ4v) is 4.45. The van der Waals surface area contributed by atoms with E-state index in [9.17, 15) is 14.4 Å². The first-order chi connectivity index (χ1) is 19.0. The van der Waals surface area contributed by atoms with Gasteiger partial charge in [0.2, 0.25) is 6.79 Å². The van der Waals surface area contributed by atoms with Crippen molar-refractivity contribution in [2.24, 2.45) is 11.8 Å². The number of aryl methyl sites for hydroxylation is 1. The van der Waals surface area contributed by atoms with Gasteiger partial charge in [0, 0.05) is 25.2 Å². The highest BCUT2D eigenvalue weighted by molar-refractivity contribution is 6.02. The second kappa shape index (κ2) is 16.5. The van der Waals surface area contributed by atoms with Crippen molar-refractivity contribution in [3.05, 3.63) is 53.6 Å². The summed E-state index contributed by atoms with van der Waals surface area (Å²) in [4.78, 5) is 39.5. The van der Waals surface area contributed by atoms with Crippen molar-refractivity contribution in [1.82, 2.24) is 0 Å². The molecular formula is C32H47N3O5. The van der Waals surface area contributed by atoms with E-state index in [1.54, 1.807) is 0 Å². The Kier molecular flexibility index (Phi) is 13.5. The van der Waals surface area contributed by atoms with Crippen molar-refractivity contribution < 1.29 is 23.9 Å². The molecular weight excluding hydrogens is 506 g/mol. The quantitative estimate of drug-likeness (QED) is 0.175. The van der Waals surface area contributed by atoms with Crippen LogP contribution in [0.1, 0.15) is 84.3 Å². The molecule has 0 aliphatic carbocycles. The molecule has 40 heavy (non-hydrogen) atoms. The highest BCUT2D eigenvalue weighted by Crippen LogP contribution is 2.34. The maximum absolute atomic E-state index is 13.1. The molecule has 2 amide bonds. The second-order valence-electron chi connectivity index (χ2n) is 11.1. The lowest BCUT2D eigenvalue weighted by Crippen LogP contribution is -2.32. The summed E-state index contributed by atoms with van der Waals surface area (Å²) in [6, 6.07) is 13.3. The van der Waals surface area contributed by atoms with Crippen LogP contribution in [-0.2, 0) is 19.1 Å². The summed E-state index contributed by atoms with van der Waals surface area (Å²) in [6.07, 6.45) is 1.80. The van der Waals surface area contributed by atoms with Crippen LogP contribution in [0.25, 0.3) is 0 Å². The van der Waals surface area contributed by atoms with Crippen LogP contribution < -0.4 is 15.5 Å². The highest BCUT2D eigenvalue weighted by Gasteiger charge is 2.21. The Balaban J connectivity index is 2.29. The standard InChI is InChI=1S/C32H47N3O5/c1-8-10-30(36)39-21-40-31(37)18-25(9-2)26-13-16-29(35(19-22(3)4)20-23(5)6)28(17-26)34-32(38)33-27-14-11-24(7)12-15-27/h11-17,22-23,25H,8-10,18-21H2,1-7H3,(H2,33,34,38)/t25-/m0/s1. The Morgan fingerprint density at radius 1 is 0.850 bits per heavy atom. The number of hydrogen-bond acceptors (Lipinski definition) is 6. The van der Waals surface area contributed by atoms with E-state index >= 15 is 0 Å². The molecule has 0 aliphatic rings. The van der Waals surface area contributed by atoms with Gasteiger partial charge in [0.25, 0.3) is 0 Å². The molecule has 0 saturated heterocycles. The third kappa shape index (κ3) is 11.3. The number of nitrogens with one attached hydrogen (secondary N) is 2. The van der Waals surface area contributed by atoms with Crippen molar-refractivity contribution >= 4 is 35.0 Å². The summed E-state index contributed by atoms with van der Waals surface area (Å²) in [5, 5.41) is 5.98. The zero-order valence-electron chi connectivity index (χ0n) is 25.2. The summed E-state index contributed by atoms with van der Waals surface area (Å²) in [5.41, 5.74) is 4.36. The lowest BCUT2D eigenvalue weighted by Gasteiger charge is -2.31. The summed E-state index contributed by atoms with van der Waals surface area (Å²) in [7, 11) is 0. The van der Waals surface area contributed by atoms with E-state index in [1.165, 1.54) is 0 Å². The van der Waals surface area contributed by atoms with Crippen LogP contribution in [-0.4, -0.2) is 37.9 Å². The van der Waals surface area contributed by atoms with Gasteiger partial charge in [-0.2, -0.15) is 0 Å². The smallest absolute Gasteiger partial charge is 0.323 e. The SMILES string of the molecule is CCCC(=O)OCOC(=O)C[C@H](CC)c1ccc(N(CC(C)C)CC(C)C)c(NC(=O)Nc2ccc(C)cc2)c1. The van der Waals surface area contributed by atoms with Gasteiger partial charge < -0.3 is 25.0 Å². The molecule has 0 bridgehead atoms. The third-order valence-corrected chi connectivity index (χ3v) is 6.36. The summed E-state index contributed by atoms with van der Waals surface area (Å²) in [6.45, 7) is 15.9. The number of esters is 2. The zero-order chi connectivity index (χ0) is 29.7. The first kappa shape index (κ1) is 32.7. The first-order valence-corrected chi connectivity index (χ1v) is 14.4. The zero-order valence-corrected chi connectivity index (χ0v) is 25.2. The Morgan fingerprint density at radius 2 is 1.48 bits per heavy atom. The van der Waals surface area contributed by atoms with E-state index in [0.717, 1.165) is 29.9 Å². The average Bonchev–Trinajstić information content (AvgIpc) is 2.88. The minimum absolute atomic E-state index is 0.128. The molecule has 0 fully saturated rings. The van der Waals surface area contributed by atoms with E-state index < -0.39 is 5.97 Å². The van der Waals surface area contributed by atoms with E-state index in [-0.39, 0.29) is 31.1 Å². The van der Waals surface area contributed by atoms with Crippen LogP contribution in [0.15, 0.2) is 42.5 Å². The van der Waals surface area contributed by atoms with Gasteiger partial charge in [-0.05, 0) is 67.3 Å². The number of ether oxygens (including phenoxy) is 2. The van der Waals surface area contributed by atoms with Crippen LogP contribution in [0.2, 0.25) is 0 Å². The van der Waals surface area contributed by atoms with Gasteiger partial charge >= 0.3 is 18.0 Å². The summed E-state index contributed by atoms with van der Waals surface area (Å²) in [5.74, 6) is -0.0928. The number of carbonyl (C=O) groups excluding carboxylic acids is 3. The van der Waals surface area contributed by atoms with Crippen LogP contribution in [0, 0.1) is 18.8 Å². The molecule has 2 N–H and O–H groups in total. The van der Waals surface area contributed by atoms with Gasteiger partial charge in [-0.1, -0.05) is 65.3 Å². The van der Waals surface area contributed by atoms with Gasteiger partial charge in [-0.15, -0.1) is 0 Å². The van der Waals surface area contributed by atoms with Crippen molar-refractivity contribution in [1.29, 1.82) is 0 Å². The molecule has 220 valence electrons. The number of nitrogens with zero attached hydrogens (tertiary/aromatic N) is 1. The molecule has 0 saturated carbocycles. The fraction of sp³-hybridized carbons (Fsp3) is 0.531. The van der Waals surface area contributed by atoms with E-state index in [0.29, 0.717) is 42.5 Å². The molecule has 0 heterocycles. The van der Waals surface area contributed by atoms with Crippen molar-refractivity contribution in [2.75, 3.05) is 35.4 Å². The maximum Gasteiger partial charge on any atom is 0.323 e. The van der Waals surface area contributed by atoms with Gasteiger partial charge in [0.15, 0.2) is 0 Å². The minimum atomic E-state index is -0.437. The Morgan fingerprint density at radius 3 is 2.05 bits per heavy atom. The third-order valence-electron chi connectivity index (χ3n) is 6.36.